The van der Waals surface area contributed by atoms with E-state index in [1.165, 1.54) is 6.07 Å². The number of carbonyl (C=O) groups is 3. The third-order valence-electron chi connectivity index (χ3n) is 3.63. The molecule has 0 bridgehead atoms. The van der Waals surface area contributed by atoms with Crippen molar-refractivity contribution in [1.29, 1.82) is 0 Å². The summed E-state index contributed by atoms with van der Waals surface area (Å²) >= 11 is 0. The number of ketones is 1. The molecule has 22 heavy (non-hydrogen) atoms. The highest BCUT2D eigenvalue weighted by atomic mass is 16.5. The van der Waals surface area contributed by atoms with Gasteiger partial charge in [0.05, 0.1) is 23.3 Å². The first kappa shape index (κ1) is 16.2. The number of fused-ring (bicyclic) bond motifs is 1. The van der Waals surface area contributed by atoms with E-state index in [4.69, 9.17) is 4.74 Å². The van der Waals surface area contributed by atoms with Gasteiger partial charge in [0.15, 0.2) is 5.78 Å². The lowest BCUT2D eigenvalue weighted by atomic mass is 9.99. The van der Waals surface area contributed by atoms with Gasteiger partial charge in [-0.3, -0.25) is 19.7 Å². The number of rotatable bonds is 8. The highest BCUT2D eigenvalue weighted by molar-refractivity contribution is 6.24. The Morgan fingerprint density at radius 1 is 1.09 bits per heavy atom. The fourth-order valence-electron chi connectivity index (χ4n) is 2.49. The molecule has 0 saturated heterocycles. The minimum atomic E-state index is -0.489. The van der Waals surface area contributed by atoms with Crippen molar-refractivity contribution in [1.82, 2.24) is 5.32 Å². The molecule has 0 fully saturated rings. The third-order valence-corrected chi connectivity index (χ3v) is 3.63. The van der Waals surface area contributed by atoms with Crippen molar-refractivity contribution in [2.75, 3.05) is 6.61 Å². The molecule has 1 aromatic carbocycles. The number of unbranched alkanes of at least 4 members (excludes halogenated alkanes) is 2. The number of nitrogens with one attached hydrogen (secondary N) is 1. The number of benzene rings is 1. The molecule has 2 amide bonds. The van der Waals surface area contributed by atoms with Gasteiger partial charge >= 0.3 is 0 Å². The second kappa shape index (κ2) is 7.20. The lowest BCUT2D eigenvalue weighted by Gasteiger charge is -2.13. The average molecular weight is 303 g/mol. The molecule has 1 aliphatic rings. The summed E-state index contributed by atoms with van der Waals surface area (Å²) in [6, 6.07) is 3.11. The van der Waals surface area contributed by atoms with Gasteiger partial charge < -0.3 is 4.74 Å². The van der Waals surface area contributed by atoms with E-state index in [2.05, 4.69) is 12.2 Å². The van der Waals surface area contributed by atoms with E-state index in [1.807, 2.05) is 6.92 Å². The smallest absolute Gasteiger partial charge is 0.262 e. The van der Waals surface area contributed by atoms with Crippen molar-refractivity contribution in [3.05, 3.63) is 28.8 Å². The van der Waals surface area contributed by atoms with Crippen molar-refractivity contribution in [3.63, 3.8) is 0 Å². The second-order valence-electron chi connectivity index (χ2n) is 5.38. The number of carbonyl (C=O) groups excluding carboxylic acids is 3. The van der Waals surface area contributed by atoms with E-state index in [1.54, 1.807) is 6.07 Å². The van der Waals surface area contributed by atoms with Crippen LogP contribution in [0.15, 0.2) is 12.1 Å². The number of hydrogen-bond donors (Lipinski definition) is 1. The molecule has 5 heteroatoms. The zero-order valence-corrected chi connectivity index (χ0v) is 13.0. The van der Waals surface area contributed by atoms with Crippen LogP contribution in [0.3, 0.4) is 0 Å². The van der Waals surface area contributed by atoms with Crippen LogP contribution in [0.4, 0.5) is 0 Å². The summed E-state index contributed by atoms with van der Waals surface area (Å²) in [6.45, 7) is 4.43. The van der Waals surface area contributed by atoms with Crippen LogP contribution in [0.2, 0.25) is 0 Å². The van der Waals surface area contributed by atoms with Crippen molar-refractivity contribution < 1.29 is 19.1 Å². The first-order valence-electron chi connectivity index (χ1n) is 7.78. The number of hydrogen-bond acceptors (Lipinski definition) is 4. The number of amides is 2. The van der Waals surface area contributed by atoms with E-state index in [0.29, 0.717) is 18.6 Å². The highest BCUT2D eigenvalue weighted by Gasteiger charge is 2.33. The largest absolute Gasteiger partial charge is 0.492 e. The maximum Gasteiger partial charge on any atom is 0.262 e. The van der Waals surface area contributed by atoms with E-state index in [-0.39, 0.29) is 22.7 Å². The molecule has 1 N–H and O–H groups in total. The molecule has 0 aliphatic carbocycles. The quantitative estimate of drug-likeness (QED) is 0.455. The Morgan fingerprint density at radius 3 is 2.55 bits per heavy atom. The van der Waals surface area contributed by atoms with Crippen LogP contribution in [0.5, 0.6) is 5.75 Å². The van der Waals surface area contributed by atoms with Crippen LogP contribution >= 0.6 is 0 Å². The summed E-state index contributed by atoms with van der Waals surface area (Å²) in [7, 11) is 0. The van der Waals surface area contributed by atoms with Crippen LogP contribution < -0.4 is 10.1 Å². The third kappa shape index (κ3) is 3.18. The molecule has 1 aliphatic heterocycles. The molecule has 1 aromatic rings. The molecule has 0 saturated carbocycles. The molecule has 0 spiro atoms. The predicted octanol–water partition coefficient (Wildman–Crippen LogP) is 3.12. The Kier molecular flexibility index (Phi) is 5.31. The maximum atomic E-state index is 12.2. The summed E-state index contributed by atoms with van der Waals surface area (Å²) in [4.78, 5) is 36.0. The van der Waals surface area contributed by atoms with E-state index < -0.39 is 11.8 Å². The Bertz CT molecular complexity index is 607. The summed E-state index contributed by atoms with van der Waals surface area (Å²) in [5.74, 6) is -0.733. The van der Waals surface area contributed by atoms with Crippen molar-refractivity contribution in [2.45, 2.75) is 46.0 Å². The van der Waals surface area contributed by atoms with Crippen LogP contribution in [0, 0.1) is 0 Å². The van der Waals surface area contributed by atoms with E-state index in [9.17, 15) is 14.4 Å². The van der Waals surface area contributed by atoms with Gasteiger partial charge in [-0.15, -0.1) is 0 Å². The Hall–Kier alpha value is -2.17. The van der Waals surface area contributed by atoms with Crippen molar-refractivity contribution in [2.24, 2.45) is 0 Å². The lowest BCUT2D eigenvalue weighted by molar-refractivity contribution is 0.0878. The van der Waals surface area contributed by atoms with Gasteiger partial charge in [0, 0.05) is 6.42 Å². The van der Waals surface area contributed by atoms with Gasteiger partial charge in [0.1, 0.15) is 5.75 Å². The predicted molar refractivity (Wildman–Crippen MR) is 82.5 cm³/mol. The lowest BCUT2D eigenvalue weighted by Crippen LogP contribution is -2.20. The summed E-state index contributed by atoms with van der Waals surface area (Å²) in [5.41, 5.74) is 0.869. The van der Waals surface area contributed by atoms with E-state index in [0.717, 1.165) is 25.7 Å². The Labute approximate surface area is 130 Å². The first-order valence-corrected chi connectivity index (χ1v) is 7.78. The topological polar surface area (TPSA) is 72.5 Å². The Balaban J connectivity index is 2.38. The van der Waals surface area contributed by atoms with Gasteiger partial charge in [-0.2, -0.15) is 0 Å². The number of imide groups is 1. The molecular formula is C17H21NO4. The van der Waals surface area contributed by atoms with Crippen LogP contribution in [-0.2, 0) is 0 Å². The molecule has 118 valence electrons. The molecular weight excluding hydrogens is 282 g/mol. The fraction of sp³-hybridized carbons (Fsp3) is 0.471. The zero-order valence-electron chi connectivity index (χ0n) is 13.0. The number of ether oxygens (including phenoxy) is 1. The molecule has 2 rings (SSSR count). The van der Waals surface area contributed by atoms with E-state index >= 15 is 0 Å². The van der Waals surface area contributed by atoms with Crippen LogP contribution in [-0.4, -0.2) is 24.2 Å². The monoisotopic (exact) mass is 303 g/mol. The molecule has 0 aromatic heterocycles. The van der Waals surface area contributed by atoms with Gasteiger partial charge in [0.2, 0.25) is 0 Å². The molecule has 5 nitrogen and oxygen atoms in total. The first-order chi connectivity index (χ1) is 10.6. The Morgan fingerprint density at radius 2 is 1.86 bits per heavy atom. The summed E-state index contributed by atoms with van der Waals surface area (Å²) in [5, 5.41) is 2.25. The minimum Gasteiger partial charge on any atom is -0.492 e. The average Bonchev–Trinajstić information content (AvgIpc) is 2.79. The minimum absolute atomic E-state index is 0.0667. The SMILES string of the molecule is CCCCCOc1c(C(=O)CCC)ccc2c1C(=O)NC2=O. The second-order valence-corrected chi connectivity index (χ2v) is 5.38. The summed E-state index contributed by atoms with van der Waals surface area (Å²) in [6.07, 6.45) is 4.02. The van der Waals surface area contributed by atoms with Gasteiger partial charge in [-0.25, -0.2) is 0 Å². The van der Waals surface area contributed by atoms with Crippen molar-refractivity contribution >= 4 is 17.6 Å². The summed E-state index contributed by atoms with van der Waals surface area (Å²) < 4.78 is 5.73. The fourth-order valence-corrected chi connectivity index (χ4v) is 2.49. The van der Waals surface area contributed by atoms with Gasteiger partial charge in [-0.05, 0) is 25.0 Å². The molecule has 0 unspecified atom stereocenters. The molecule has 0 radical (unpaired) electrons. The van der Waals surface area contributed by atoms with Gasteiger partial charge in [-0.1, -0.05) is 26.7 Å². The van der Waals surface area contributed by atoms with Crippen LogP contribution in [0.1, 0.15) is 77.0 Å². The number of Topliss-reactive ketones (excluding diaryl/α,β-unsaturated/α-hetero) is 1. The van der Waals surface area contributed by atoms with Gasteiger partial charge in [0.25, 0.3) is 11.8 Å². The normalized spacial score (nSPS) is 13.0. The maximum absolute atomic E-state index is 12.2. The molecule has 0 atom stereocenters. The molecule has 1 heterocycles. The standard InChI is InChI=1S/C17H21NO4/c1-3-5-6-10-22-15-11(13(19)7-4-2)8-9-12-14(15)17(21)18-16(12)20/h8-9H,3-7,10H2,1-2H3,(H,18,20,21). The van der Waals surface area contributed by atoms with Crippen molar-refractivity contribution in [3.8, 4) is 5.75 Å². The highest BCUT2D eigenvalue weighted by Crippen LogP contribution is 2.32. The zero-order chi connectivity index (χ0) is 16.1. The van der Waals surface area contributed by atoms with Crippen LogP contribution in [0.25, 0.3) is 0 Å².